The van der Waals surface area contributed by atoms with Gasteiger partial charge in [0.05, 0.1) is 11.0 Å². The number of nitrogens with one attached hydrogen (secondary N) is 1. The number of carboxylic acid groups (broad SMARTS) is 1. The van der Waals surface area contributed by atoms with Crippen molar-refractivity contribution in [2.75, 3.05) is 6.54 Å². The SMILES string of the molecule is Cn1c(=O)[nH]c2ccc(C(=O)N3CCCCC3C(=O)O)cc21. The standard InChI is InChI=1S/C15H17N3O4/c1-17-12-8-9(5-6-10(12)16-15(17)22)13(19)18-7-3-2-4-11(18)14(20)21/h5-6,8,11H,2-4,7H2,1H3,(H,16,22)(H,20,21). The molecule has 1 aromatic heterocycles. The van der Waals surface area contributed by atoms with E-state index in [9.17, 15) is 19.5 Å². The number of carboxylic acids is 1. The van der Waals surface area contributed by atoms with E-state index < -0.39 is 12.0 Å². The van der Waals surface area contributed by atoms with Crippen LogP contribution < -0.4 is 5.69 Å². The van der Waals surface area contributed by atoms with Crippen LogP contribution in [0.2, 0.25) is 0 Å². The van der Waals surface area contributed by atoms with E-state index in [4.69, 9.17) is 0 Å². The summed E-state index contributed by atoms with van der Waals surface area (Å²) in [6, 6.07) is 4.15. The molecule has 7 nitrogen and oxygen atoms in total. The van der Waals surface area contributed by atoms with Crippen molar-refractivity contribution >= 4 is 22.9 Å². The summed E-state index contributed by atoms with van der Waals surface area (Å²) >= 11 is 0. The highest BCUT2D eigenvalue weighted by atomic mass is 16.4. The van der Waals surface area contributed by atoms with Crippen LogP contribution in [0.3, 0.4) is 0 Å². The summed E-state index contributed by atoms with van der Waals surface area (Å²) < 4.78 is 1.43. The van der Waals surface area contributed by atoms with Crippen LogP contribution in [-0.4, -0.2) is 44.0 Å². The molecule has 0 spiro atoms. The van der Waals surface area contributed by atoms with Crippen LogP contribution in [0.1, 0.15) is 29.6 Å². The van der Waals surface area contributed by atoms with E-state index in [-0.39, 0.29) is 11.6 Å². The average molecular weight is 303 g/mol. The number of nitrogens with zero attached hydrogens (tertiary/aromatic N) is 2. The first-order chi connectivity index (χ1) is 10.5. The lowest BCUT2D eigenvalue weighted by Gasteiger charge is -2.33. The number of carbonyl (C=O) groups is 2. The van der Waals surface area contributed by atoms with E-state index >= 15 is 0 Å². The second-order valence-corrected chi connectivity index (χ2v) is 5.57. The molecule has 1 atom stereocenters. The number of H-pyrrole nitrogens is 1. The Hall–Kier alpha value is -2.57. The monoisotopic (exact) mass is 303 g/mol. The van der Waals surface area contributed by atoms with E-state index in [0.29, 0.717) is 29.6 Å². The normalized spacial score (nSPS) is 18.6. The number of carbonyl (C=O) groups excluding carboxylic acids is 1. The number of rotatable bonds is 2. The second-order valence-electron chi connectivity index (χ2n) is 5.57. The topological polar surface area (TPSA) is 95.4 Å². The van der Waals surface area contributed by atoms with E-state index in [0.717, 1.165) is 12.8 Å². The number of imidazole rings is 1. The van der Waals surface area contributed by atoms with Crippen molar-refractivity contribution < 1.29 is 14.7 Å². The summed E-state index contributed by atoms with van der Waals surface area (Å²) in [5.41, 5.74) is 1.42. The first-order valence-corrected chi connectivity index (χ1v) is 7.21. The van der Waals surface area contributed by atoms with Crippen molar-refractivity contribution in [3.63, 3.8) is 0 Å². The van der Waals surface area contributed by atoms with E-state index in [1.807, 2.05) is 0 Å². The first kappa shape index (κ1) is 14.4. The van der Waals surface area contributed by atoms with Crippen LogP contribution in [0.25, 0.3) is 11.0 Å². The number of benzene rings is 1. The van der Waals surface area contributed by atoms with Gasteiger partial charge in [-0.3, -0.25) is 9.36 Å². The quantitative estimate of drug-likeness (QED) is 0.863. The third kappa shape index (κ3) is 2.28. The van der Waals surface area contributed by atoms with Crippen molar-refractivity contribution in [2.45, 2.75) is 25.3 Å². The van der Waals surface area contributed by atoms with Gasteiger partial charge < -0.3 is 15.0 Å². The van der Waals surface area contributed by atoms with Crippen LogP contribution in [0.4, 0.5) is 0 Å². The Labute approximate surface area is 126 Å². The van der Waals surface area contributed by atoms with E-state index in [1.165, 1.54) is 9.47 Å². The second kappa shape index (κ2) is 5.32. The highest BCUT2D eigenvalue weighted by Crippen LogP contribution is 2.21. The van der Waals surface area contributed by atoms with Gasteiger partial charge in [-0.05, 0) is 37.5 Å². The Kier molecular flexibility index (Phi) is 3.48. The smallest absolute Gasteiger partial charge is 0.326 e. The fourth-order valence-corrected chi connectivity index (χ4v) is 2.95. The van der Waals surface area contributed by atoms with Gasteiger partial charge in [0.25, 0.3) is 5.91 Å². The molecule has 1 fully saturated rings. The predicted molar refractivity (Wildman–Crippen MR) is 79.9 cm³/mol. The number of fused-ring (bicyclic) bond motifs is 1. The molecule has 1 unspecified atom stereocenters. The molecule has 7 heteroatoms. The van der Waals surface area contributed by atoms with Gasteiger partial charge in [-0.25, -0.2) is 9.59 Å². The highest BCUT2D eigenvalue weighted by molar-refractivity contribution is 5.99. The summed E-state index contributed by atoms with van der Waals surface area (Å²) in [7, 11) is 1.62. The lowest BCUT2D eigenvalue weighted by molar-refractivity contribution is -0.143. The van der Waals surface area contributed by atoms with Gasteiger partial charge in [-0.15, -0.1) is 0 Å². The number of aliphatic carboxylic acids is 1. The Morgan fingerprint density at radius 3 is 2.82 bits per heavy atom. The lowest BCUT2D eigenvalue weighted by Crippen LogP contribution is -2.47. The Morgan fingerprint density at radius 1 is 1.32 bits per heavy atom. The van der Waals surface area contributed by atoms with Crippen LogP contribution in [-0.2, 0) is 11.8 Å². The Bertz CT molecular complexity index is 805. The minimum Gasteiger partial charge on any atom is -0.480 e. The third-order valence-corrected chi connectivity index (χ3v) is 4.20. The fraction of sp³-hybridized carbons (Fsp3) is 0.400. The van der Waals surface area contributed by atoms with E-state index in [2.05, 4.69) is 4.98 Å². The fourth-order valence-electron chi connectivity index (χ4n) is 2.95. The molecule has 0 saturated carbocycles. The molecule has 2 N–H and O–H groups in total. The molecule has 0 bridgehead atoms. The van der Waals surface area contributed by atoms with Crippen molar-refractivity contribution in [1.29, 1.82) is 0 Å². The van der Waals surface area contributed by atoms with Crippen LogP contribution in [0, 0.1) is 0 Å². The summed E-state index contributed by atoms with van der Waals surface area (Å²) in [4.78, 5) is 39.7. The molecule has 1 aliphatic heterocycles. The van der Waals surface area contributed by atoms with Gasteiger partial charge >= 0.3 is 11.7 Å². The minimum atomic E-state index is -0.969. The summed E-state index contributed by atoms with van der Waals surface area (Å²) in [6.07, 6.45) is 2.10. The van der Waals surface area contributed by atoms with Crippen LogP contribution >= 0.6 is 0 Å². The number of likely N-dealkylation sites (tertiary alicyclic amines) is 1. The van der Waals surface area contributed by atoms with Crippen molar-refractivity contribution in [1.82, 2.24) is 14.5 Å². The molecule has 0 aliphatic carbocycles. The molecule has 22 heavy (non-hydrogen) atoms. The van der Waals surface area contributed by atoms with Crippen LogP contribution in [0.5, 0.6) is 0 Å². The molecule has 1 amide bonds. The van der Waals surface area contributed by atoms with Gasteiger partial charge in [-0.1, -0.05) is 0 Å². The Balaban J connectivity index is 1.98. The third-order valence-electron chi connectivity index (χ3n) is 4.20. The maximum atomic E-state index is 12.6. The largest absolute Gasteiger partial charge is 0.480 e. The number of hydrogen-bond donors (Lipinski definition) is 2. The van der Waals surface area contributed by atoms with Gasteiger partial charge in [0, 0.05) is 19.2 Å². The van der Waals surface area contributed by atoms with Crippen LogP contribution in [0.15, 0.2) is 23.0 Å². The molecule has 3 rings (SSSR count). The molecule has 1 aliphatic rings. The van der Waals surface area contributed by atoms with Crippen molar-refractivity contribution in [2.24, 2.45) is 7.05 Å². The lowest BCUT2D eigenvalue weighted by atomic mass is 10.0. The van der Waals surface area contributed by atoms with Crippen molar-refractivity contribution in [3.8, 4) is 0 Å². The molecule has 116 valence electrons. The molecule has 2 heterocycles. The number of aromatic amines is 1. The van der Waals surface area contributed by atoms with Gasteiger partial charge in [0.1, 0.15) is 6.04 Å². The maximum absolute atomic E-state index is 12.6. The van der Waals surface area contributed by atoms with Crippen molar-refractivity contribution in [3.05, 3.63) is 34.2 Å². The number of aryl methyl sites for hydroxylation is 1. The zero-order valence-corrected chi connectivity index (χ0v) is 12.2. The number of piperidine rings is 1. The minimum absolute atomic E-state index is 0.249. The first-order valence-electron chi connectivity index (χ1n) is 7.21. The zero-order chi connectivity index (χ0) is 15.9. The van der Waals surface area contributed by atoms with Gasteiger partial charge in [0.2, 0.25) is 0 Å². The summed E-state index contributed by atoms with van der Waals surface area (Å²) in [6.45, 7) is 0.444. The number of hydrogen-bond acceptors (Lipinski definition) is 3. The van der Waals surface area contributed by atoms with Gasteiger partial charge in [0.15, 0.2) is 0 Å². The molecular weight excluding hydrogens is 286 g/mol. The number of amides is 1. The molecule has 2 aromatic rings. The number of aromatic nitrogens is 2. The Morgan fingerprint density at radius 2 is 2.09 bits per heavy atom. The average Bonchev–Trinajstić information content (AvgIpc) is 2.81. The molecule has 1 aromatic carbocycles. The highest BCUT2D eigenvalue weighted by Gasteiger charge is 2.32. The van der Waals surface area contributed by atoms with E-state index in [1.54, 1.807) is 25.2 Å². The summed E-state index contributed by atoms with van der Waals surface area (Å²) in [5, 5.41) is 9.28. The molecular formula is C15H17N3O4. The predicted octanol–water partition coefficient (Wildman–Crippen LogP) is 0.946. The molecule has 1 saturated heterocycles. The molecule has 0 radical (unpaired) electrons. The summed E-state index contributed by atoms with van der Waals surface area (Å²) in [5.74, 6) is -1.27. The zero-order valence-electron chi connectivity index (χ0n) is 12.2. The maximum Gasteiger partial charge on any atom is 0.326 e. The van der Waals surface area contributed by atoms with Gasteiger partial charge in [-0.2, -0.15) is 0 Å².